The average molecular weight is 278 g/mol. The molecule has 21 heavy (non-hydrogen) atoms. The van der Waals surface area contributed by atoms with Gasteiger partial charge in [0.2, 0.25) is 0 Å². The fourth-order valence-electron chi connectivity index (χ4n) is 3.40. The van der Waals surface area contributed by atoms with Crippen molar-refractivity contribution in [3.8, 4) is 6.07 Å². The standard InChI is InChI=1S/C17H18N4/c18-10-14-8-13-7-12-3-4-19-11-15(12)9-16(13)20-17(14)21-5-1-2-6-21/h7-9,19H,1-6,11H2. The minimum Gasteiger partial charge on any atom is -0.356 e. The lowest BCUT2D eigenvalue weighted by Crippen LogP contribution is -2.23. The Morgan fingerprint density at radius 3 is 2.81 bits per heavy atom. The van der Waals surface area contributed by atoms with Crippen LogP contribution in [0.4, 0.5) is 5.82 Å². The van der Waals surface area contributed by atoms with Crippen LogP contribution in [0.25, 0.3) is 10.9 Å². The Morgan fingerprint density at radius 2 is 2.00 bits per heavy atom. The molecule has 0 unspecified atom stereocenters. The monoisotopic (exact) mass is 278 g/mol. The second-order valence-corrected chi connectivity index (χ2v) is 5.91. The van der Waals surface area contributed by atoms with E-state index in [1.54, 1.807) is 0 Å². The van der Waals surface area contributed by atoms with Gasteiger partial charge in [0.05, 0.1) is 11.1 Å². The Labute approximate surface area is 124 Å². The molecule has 4 rings (SSSR count). The van der Waals surface area contributed by atoms with Gasteiger partial charge in [-0.15, -0.1) is 0 Å². The molecule has 0 radical (unpaired) electrons. The van der Waals surface area contributed by atoms with Crippen LogP contribution in [-0.4, -0.2) is 24.6 Å². The third-order valence-corrected chi connectivity index (χ3v) is 4.53. The van der Waals surface area contributed by atoms with Crippen molar-refractivity contribution in [3.05, 3.63) is 34.9 Å². The highest BCUT2D eigenvalue weighted by atomic mass is 15.2. The number of fused-ring (bicyclic) bond motifs is 2. The first-order chi connectivity index (χ1) is 10.3. The van der Waals surface area contributed by atoms with Crippen molar-refractivity contribution in [2.45, 2.75) is 25.8 Å². The van der Waals surface area contributed by atoms with E-state index in [-0.39, 0.29) is 0 Å². The van der Waals surface area contributed by atoms with Gasteiger partial charge in [-0.1, -0.05) is 0 Å². The van der Waals surface area contributed by atoms with E-state index in [1.807, 2.05) is 6.07 Å². The number of rotatable bonds is 1. The van der Waals surface area contributed by atoms with Crippen molar-refractivity contribution in [2.75, 3.05) is 24.5 Å². The van der Waals surface area contributed by atoms with Crippen LogP contribution < -0.4 is 10.2 Å². The molecule has 0 spiro atoms. The highest BCUT2D eigenvalue weighted by Crippen LogP contribution is 2.28. The van der Waals surface area contributed by atoms with Crippen LogP contribution in [0.1, 0.15) is 29.5 Å². The maximum Gasteiger partial charge on any atom is 0.147 e. The summed E-state index contributed by atoms with van der Waals surface area (Å²) >= 11 is 0. The molecular weight excluding hydrogens is 260 g/mol. The average Bonchev–Trinajstić information content (AvgIpc) is 3.05. The van der Waals surface area contributed by atoms with Crippen molar-refractivity contribution in [2.24, 2.45) is 0 Å². The Morgan fingerprint density at radius 1 is 1.14 bits per heavy atom. The highest BCUT2D eigenvalue weighted by Gasteiger charge is 2.19. The SMILES string of the molecule is N#Cc1cc2cc3c(cc2nc1N1CCCC1)CNCC3. The van der Waals surface area contributed by atoms with Crippen LogP contribution in [0, 0.1) is 11.3 Å². The predicted molar refractivity (Wildman–Crippen MR) is 83.3 cm³/mol. The second-order valence-electron chi connectivity index (χ2n) is 5.91. The summed E-state index contributed by atoms with van der Waals surface area (Å²) in [6, 6.07) is 8.75. The molecule has 106 valence electrons. The molecule has 0 saturated carbocycles. The van der Waals surface area contributed by atoms with Crippen molar-refractivity contribution in [1.82, 2.24) is 10.3 Å². The van der Waals surface area contributed by atoms with Gasteiger partial charge in [-0.25, -0.2) is 4.98 Å². The minimum atomic E-state index is 0.707. The van der Waals surface area contributed by atoms with E-state index < -0.39 is 0 Å². The lowest BCUT2D eigenvalue weighted by molar-refractivity contribution is 0.645. The molecule has 1 aromatic carbocycles. The Balaban J connectivity index is 1.88. The number of aromatic nitrogens is 1. The van der Waals surface area contributed by atoms with Crippen molar-refractivity contribution in [3.63, 3.8) is 0 Å². The van der Waals surface area contributed by atoms with E-state index in [2.05, 4.69) is 28.4 Å². The van der Waals surface area contributed by atoms with Gasteiger partial charge in [-0.05, 0) is 55.1 Å². The van der Waals surface area contributed by atoms with E-state index in [0.717, 1.165) is 49.3 Å². The number of hydrogen-bond acceptors (Lipinski definition) is 4. The zero-order valence-corrected chi connectivity index (χ0v) is 12.0. The van der Waals surface area contributed by atoms with Crippen LogP contribution in [0.15, 0.2) is 18.2 Å². The summed E-state index contributed by atoms with van der Waals surface area (Å²) in [4.78, 5) is 7.06. The maximum absolute atomic E-state index is 9.45. The highest BCUT2D eigenvalue weighted by molar-refractivity contribution is 5.84. The summed E-state index contributed by atoms with van der Waals surface area (Å²) in [5.41, 5.74) is 4.45. The molecule has 4 nitrogen and oxygen atoms in total. The molecule has 1 fully saturated rings. The number of anilines is 1. The van der Waals surface area contributed by atoms with Gasteiger partial charge in [0.25, 0.3) is 0 Å². The van der Waals surface area contributed by atoms with Crippen LogP contribution in [0.2, 0.25) is 0 Å². The molecule has 0 amide bonds. The number of nitrogens with one attached hydrogen (secondary N) is 1. The smallest absolute Gasteiger partial charge is 0.147 e. The van der Waals surface area contributed by atoms with E-state index in [4.69, 9.17) is 4.98 Å². The summed E-state index contributed by atoms with van der Waals surface area (Å²) in [5, 5.41) is 14.0. The van der Waals surface area contributed by atoms with Crippen LogP contribution in [-0.2, 0) is 13.0 Å². The van der Waals surface area contributed by atoms with Crippen LogP contribution in [0.5, 0.6) is 0 Å². The van der Waals surface area contributed by atoms with Crippen molar-refractivity contribution < 1.29 is 0 Å². The first kappa shape index (κ1) is 12.6. The molecule has 3 heterocycles. The minimum absolute atomic E-state index is 0.707. The van der Waals surface area contributed by atoms with E-state index in [0.29, 0.717) is 5.56 Å². The third kappa shape index (κ3) is 2.14. The quantitative estimate of drug-likeness (QED) is 0.870. The van der Waals surface area contributed by atoms with Gasteiger partial charge in [0.1, 0.15) is 11.9 Å². The molecule has 2 aliphatic heterocycles. The van der Waals surface area contributed by atoms with Gasteiger partial charge < -0.3 is 10.2 Å². The summed E-state index contributed by atoms with van der Waals surface area (Å²) in [6.45, 7) is 3.98. The molecular formula is C17H18N4. The second kappa shape index (κ2) is 5.01. The normalized spacial score (nSPS) is 17.8. The van der Waals surface area contributed by atoms with Gasteiger partial charge in [-0.2, -0.15) is 5.26 Å². The molecule has 1 N–H and O–H groups in total. The number of benzene rings is 1. The first-order valence-corrected chi connectivity index (χ1v) is 7.67. The number of hydrogen-bond donors (Lipinski definition) is 1. The summed E-state index contributed by atoms with van der Waals surface area (Å²) < 4.78 is 0. The fraction of sp³-hybridized carbons (Fsp3) is 0.412. The zero-order chi connectivity index (χ0) is 14.2. The third-order valence-electron chi connectivity index (χ3n) is 4.53. The number of pyridine rings is 1. The largest absolute Gasteiger partial charge is 0.356 e. The zero-order valence-electron chi connectivity index (χ0n) is 12.0. The lowest BCUT2D eigenvalue weighted by atomic mass is 9.98. The van der Waals surface area contributed by atoms with Gasteiger partial charge in [0.15, 0.2) is 0 Å². The lowest BCUT2D eigenvalue weighted by Gasteiger charge is -2.20. The Bertz CT molecular complexity index is 739. The Kier molecular flexibility index (Phi) is 3.01. The van der Waals surface area contributed by atoms with Crippen molar-refractivity contribution in [1.29, 1.82) is 5.26 Å². The van der Waals surface area contributed by atoms with Crippen LogP contribution >= 0.6 is 0 Å². The Hall–Kier alpha value is -2.12. The summed E-state index contributed by atoms with van der Waals surface area (Å²) in [5.74, 6) is 0.867. The molecule has 0 atom stereocenters. The molecule has 2 aliphatic rings. The van der Waals surface area contributed by atoms with Gasteiger partial charge in [0, 0.05) is 25.0 Å². The molecule has 1 saturated heterocycles. The molecule has 0 bridgehead atoms. The van der Waals surface area contributed by atoms with E-state index >= 15 is 0 Å². The van der Waals surface area contributed by atoms with Gasteiger partial charge >= 0.3 is 0 Å². The summed E-state index contributed by atoms with van der Waals surface area (Å²) in [7, 11) is 0. The van der Waals surface area contributed by atoms with E-state index in [9.17, 15) is 5.26 Å². The fourth-order valence-corrected chi connectivity index (χ4v) is 3.40. The van der Waals surface area contributed by atoms with E-state index in [1.165, 1.54) is 24.0 Å². The molecule has 1 aromatic heterocycles. The molecule has 0 aliphatic carbocycles. The number of nitriles is 1. The van der Waals surface area contributed by atoms with Gasteiger partial charge in [-0.3, -0.25) is 0 Å². The molecule has 2 aromatic rings. The van der Waals surface area contributed by atoms with Crippen molar-refractivity contribution >= 4 is 16.7 Å². The first-order valence-electron chi connectivity index (χ1n) is 7.67. The maximum atomic E-state index is 9.45. The summed E-state index contributed by atoms with van der Waals surface area (Å²) in [6.07, 6.45) is 3.44. The predicted octanol–water partition coefficient (Wildman–Crippen LogP) is 2.35. The number of nitrogens with zero attached hydrogens (tertiary/aromatic N) is 3. The topological polar surface area (TPSA) is 52.0 Å². The van der Waals surface area contributed by atoms with Crippen LogP contribution in [0.3, 0.4) is 0 Å². The molecule has 4 heteroatoms.